The fourth-order valence-corrected chi connectivity index (χ4v) is 2.65. The molecule has 0 saturated carbocycles. The summed E-state index contributed by atoms with van der Waals surface area (Å²) in [6, 6.07) is 8.73. The molecule has 2 aromatic heterocycles. The van der Waals surface area contributed by atoms with Crippen molar-refractivity contribution in [3.8, 4) is 22.3 Å². The molecule has 1 amide bonds. The maximum atomic E-state index is 11.5. The van der Waals surface area contributed by atoms with Crippen LogP contribution in [-0.2, 0) is 6.61 Å². The summed E-state index contributed by atoms with van der Waals surface area (Å²) in [5.41, 5.74) is 6.25. The van der Waals surface area contributed by atoms with Gasteiger partial charge in [0.25, 0.3) is 5.91 Å². The quantitative estimate of drug-likeness (QED) is 0.750. The lowest BCUT2D eigenvalue weighted by Crippen LogP contribution is -2.13. The topological polar surface area (TPSA) is 87.6 Å². The Morgan fingerprint density at radius 2 is 2.26 bits per heavy atom. The van der Waals surface area contributed by atoms with Crippen molar-refractivity contribution in [2.75, 3.05) is 7.11 Å². The number of rotatable bonds is 6. The van der Waals surface area contributed by atoms with E-state index >= 15 is 0 Å². The minimum absolute atomic E-state index is 0.168. The molecule has 7 heteroatoms. The molecule has 2 heterocycles. The Balaban J connectivity index is 1.74. The highest BCUT2D eigenvalue weighted by atomic mass is 32.1. The Hall–Kier alpha value is -2.80. The van der Waals surface area contributed by atoms with Crippen LogP contribution >= 0.6 is 11.3 Å². The highest BCUT2D eigenvalue weighted by Crippen LogP contribution is 2.26. The predicted molar refractivity (Wildman–Crippen MR) is 85.7 cm³/mol. The summed E-state index contributed by atoms with van der Waals surface area (Å²) in [5.74, 6) is 0.869. The number of thiophene rings is 1. The lowest BCUT2D eigenvalue weighted by molar-refractivity contribution is 0.0995. The van der Waals surface area contributed by atoms with Gasteiger partial charge in [0.05, 0.1) is 17.6 Å². The maximum Gasteiger partial charge on any atom is 0.252 e. The standard InChI is InChI=1S/C16H14N2O4S/c1-20-11-4-5-13(12(7-11)15(17)19)21-8-10-9-22-16(18-10)14-3-2-6-23-14/h2-7,9H,8H2,1H3,(H2,17,19). The van der Waals surface area contributed by atoms with Gasteiger partial charge in [-0.1, -0.05) is 6.07 Å². The lowest BCUT2D eigenvalue weighted by Gasteiger charge is -2.09. The van der Waals surface area contributed by atoms with Crippen molar-refractivity contribution in [1.29, 1.82) is 0 Å². The van der Waals surface area contributed by atoms with E-state index in [1.54, 1.807) is 23.5 Å². The van der Waals surface area contributed by atoms with Crippen LogP contribution in [-0.4, -0.2) is 18.0 Å². The first kappa shape index (κ1) is 15.1. The summed E-state index contributed by atoms with van der Waals surface area (Å²) in [4.78, 5) is 16.8. The molecule has 0 spiro atoms. The second-order valence-corrected chi connectivity index (χ2v) is 5.58. The highest BCUT2D eigenvalue weighted by molar-refractivity contribution is 7.13. The van der Waals surface area contributed by atoms with Crippen molar-refractivity contribution < 1.29 is 18.7 Å². The van der Waals surface area contributed by atoms with Gasteiger partial charge in [-0.2, -0.15) is 0 Å². The van der Waals surface area contributed by atoms with Crippen LogP contribution in [0.3, 0.4) is 0 Å². The third kappa shape index (κ3) is 3.35. The van der Waals surface area contributed by atoms with E-state index in [1.807, 2.05) is 17.5 Å². The van der Waals surface area contributed by atoms with Crippen LogP contribution in [0.15, 0.2) is 46.4 Å². The summed E-state index contributed by atoms with van der Waals surface area (Å²) in [5, 5.41) is 1.95. The summed E-state index contributed by atoms with van der Waals surface area (Å²) in [7, 11) is 1.52. The first-order valence-corrected chi connectivity index (χ1v) is 7.64. The number of ether oxygens (including phenoxy) is 2. The van der Waals surface area contributed by atoms with Crippen LogP contribution in [0.4, 0.5) is 0 Å². The molecule has 0 unspecified atom stereocenters. The zero-order chi connectivity index (χ0) is 16.2. The molecule has 0 aliphatic rings. The maximum absolute atomic E-state index is 11.5. The Kier molecular flexibility index (Phi) is 4.29. The van der Waals surface area contributed by atoms with Crippen LogP contribution in [0.1, 0.15) is 16.1 Å². The van der Waals surface area contributed by atoms with Crippen molar-refractivity contribution in [2.45, 2.75) is 6.61 Å². The van der Waals surface area contributed by atoms with Gasteiger partial charge in [-0.15, -0.1) is 11.3 Å². The number of carbonyl (C=O) groups excluding carboxylic acids is 1. The third-order valence-electron chi connectivity index (χ3n) is 3.11. The van der Waals surface area contributed by atoms with E-state index in [0.29, 0.717) is 23.1 Å². The number of aromatic nitrogens is 1. The average molecular weight is 330 g/mol. The Labute approximate surface area is 136 Å². The monoisotopic (exact) mass is 330 g/mol. The largest absolute Gasteiger partial charge is 0.497 e. The van der Waals surface area contributed by atoms with Crippen LogP contribution < -0.4 is 15.2 Å². The zero-order valence-corrected chi connectivity index (χ0v) is 13.1. The van der Waals surface area contributed by atoms with Gasteiger partial charge in [-0.3, -0.25) is 4.79 Å². The van der Waals surface area contributed by atoms with Crippen LogP contribution in [0.25, 0.3) is 10.8 Å². The van der Waals surface area contributed by atoms with Gasteiger partial charge in [0.15, 0.2) is 0 Å². The second kappa shape index (κ2) is 6.53. The number of nitrogens with zero attached hydrogens (tertiary/aromatic N) is 1. The van der Waals surface area contributed by atoms with Gasteiger partial charge in [0.1, 0.15) is 30.1 Å². The van der Waals surface area contributed by atoms with E-state index < -0.39 is 5.91 Å². The van der Waals surface area contributed by atoms with Crippen LogP contribution in [0.5, 0.6) is 11.5 Å². The normalized spacial score (nSPS) is 10.5. The zero-order valence-electron chi connectivity index (χ0n) is 12.3. The van der Waals surface area contributed by atoms with Gasteiger partial charge < -0.3 is 19.6 Å². The number of amides is 1. The smallest absolute Gasteiger partial charge is 0.252 e. The molecule has 0 atom stereocenters. The molecule has 0 bridgehead atoms. The molecule has 0 fully saturated rings. The molecule has 0 saturated heterocycles. The number of hydrogen-bond acceptors (Lipinski definition) is 6. The number of oxazole rings is 1. The van der Waals surface area contributed by atoms with Crippen molar-refractivity contribution in [2.24, 2.45) is 5.73 Å². The van der Waals surface area contributed by atoms with Crippen LogP contribution in [0.2, 0.25) is 0 Å². The molecule has 3 aromatic rings. The lowest BCUT2D eigenvalue weighted by atomic mass is 10.2. The van der Waals surface area contributed by atoms with E-state index in [1.165, 1.54) is 19.4 Å². The molecule has 0 aliphatic carbocycles. The highest BCUT2D eigenvalue weighted by Gasteiger charge is 2.13. The fraction of sp³-hybridized carbons (Fsp3) is 0.125. The third-order valence-corrected chi connectivity index (χ3v) is 3.97. The first-order valence-electron chi connectivity index (χ1n) is 6.76. The predicted octanol–water partition coefficient (Wildman–Crippen LogP) is 3.09. The molecule has 2 N–H and O–H groups in total. The van der Waals surface area contributed by atoms with Crippen molar-refractivity contribution in [1.82, 2.24) is 4.98 Å². The number of carbonyl (C=O) groups is 1. The SMILES string of the molecule is COc1ccc(OCc2coc(-c3cccs3)n2)c(C(N)=O)c1. The minimum atomic E-state index is -0.585. The Bertz CT molecular complexity index is 811. The molecule has 0 radical (unpaired) electrons. The number of methoxy groups -OCH3 is 1. The van der Waals surface area contributed by atoms with E-state index in [0.717, 1.165) is 4.88 Å². The molecular formula is C16H14N2O4S. The van der Waals surface area contributed by atoms with Gasteiger partial charge in [0, 0.05) is 0 Å². The summed E-state index contributed by atoms with van der Waals surface area (Å²) in [6.45, 7) is 0.168. The van der Waals surface area contributed by atoms with Crippen LogP contribution in [0, 0.1) is 0 Å². The van der Waals surface area contributed by atoms with Gasteiger partial charge in [0.2, 0.25) is 5.89 Å². The molecule has 3 rings (SSSR count). The molecule has 6 nitrogen and oxygen atoms in total. The van der Waals surface area contributed by atoms with Crippen molar-refractivity contribution >= 4 is 17.2 Å². The van der Waals surface area contributed by atoms with Crippen molar-refractivity contribution in [3.63, 3.8) is 0 Å². The second-order valence-electron chi connectivity index (χ2n) is 4.64. The van der Waals surface area contributed by atoms with E-state index in [2.05, 4.69) is 4.98 Å². The Morgan fingerprint density at radius 1 is 1.39 bits per heavy atom. The molecule has 23 heavy (non-hydrogen) atoms. The minimum Gasteiger partial charge on any atom is -0.497 e. The number of nitrogens with two attached hydrogens (primary N) is 1. The molecule has 118 valence electrons. The van der Waals surface area contributed by atoms with Crippen molar-refractivity contribution in [3.05, 3.63) is 53.2 Å². The summed E-state index contributed by atoms with van der Waals surface area (Å²) < 4.78 is 16.1. The van der Waals surface area contributed by atoms with E-state index in [-0.39, 0.29) is 12.2 Å². The fourth-order valence-electron chi connectivity index (χ4n) is 1.99. The number of primary amides is 1. The van der Waals surface area contributed by atoms with Gasteiger partial charge >= 0.3 is 0 Å². The number of benzene rings is 1. The van der Waals surface area contributed by atoms with E-state index in [4.69, 9.17) is 19.6 Å². The Morgan fingerprint density at radius 3 is 2.96 bits per heavy atom. The summed E-state index contributed by atoms with van der Waals surface area (Å²) in [6.07, 6.45) is 1.53. The summed E-state index contributed by atoms with van der Waals surface area (Å²) >= 11 is 1.54. The molecule has 0 aliphatic heterocycles. The van der Waals surface area contributed by atoms with Gasteiger partial charge in [-0.05, 0) is 29.6 Å². The average Bonchev–Trinajstić information content (AvgIpc) is 3.23. The molecular weight excluding hydrogens is 316 g/mol. The first-order chi connectivity index (χ1) is 11.2. The molecule has 1 aromatic carbocycles. The number of hydrogen-bond donors (Lipinski definition) is 1. The van der Waals surface area contributed by atoms with Gasteiger partial charge in [-0.25, -0.2) is 4.98 Å². The van der Waals surface area contributed by atoms with E-state index in [9.17, 15) is 4.79 Å².